The zero-order chi connectivity index (χ0) is 26.9. The second-order valence-corrected chi connectivity index (χ2v) is 12.3. The van der Waals surface area contributed by atoms with Crippen LogP contribution in [0.25, 0.3) is 0 Å². The van der Waals surface area contributed by atoms with Gasteiger partial charge >= 0.3 is 5.97 Å². The fraction of sp³-hybridized carbons (Fsp3) is 0.370. The molecule has 0 fully saturated rings. The molecule has 1 N–H and O–H groups in total. The average molecular weight is 543 g/mol. The summed E-state index contributed by atoms with van der Waals surface area (Å²) >= 11 is 1.29. The van der Waals surface area contributed by atoms with E-state index >= 15 is 0 Å². The Bertz CT molecular complexity index is 1430. The number of hydrogen-bond acceptors (Lipinski definition) is 7. The fourth-order valence-corrected chi connectivity index (χ4v) is 7.15. The lowest BCUT2D eigenvalue weighted by atomic mass is 9.84. The topological polar surface area (TPSA) is 114 Å². The van der Waals surface area contributed by atoms with Gasteiger partial charge in [-0.15, -0.1) is 11.3 Å². The molecule has 0 spiro atoms. The number of aryl methyl sites for hydroxylation is 1. The van der Waals surface area contributed by atoms with Gasteiger partial charge in [-0.3, -0.25) is 14.6 Å². The lowest BCUT2D eigenvalue weighted by Gasteiger charge is -2.25. The van der Waals surface area contributed by atoms with Crippen LogP contribution in [0.5, 0.6) is 5.75 Å². The molecule has 3 atom stereocenters. The van der Waals surface area contributed by atoms with Gasteiger partial charge in [-0.25, -0.2) is 8.42 Å². The van der Waals surface area contributed by atoms with E-state index in [1.54, 1.807) is 25.1 Å². The Balaban J connectivity index is 1.75. The summed E-state index contributed by atoms with van der Waals surface area (Å²) in [4.78, 5) is 29.3. The second-order valence-electron chi connectivity index (χ2n) is 9.32. The number of carboxylic acid groups (broad SMARTS) is 1. The number of aromatic nitrogens is 1. The standard InChI is InChI=1S/C27H30N2O6S2/c1-5-21-15-29(37(33,34)25-13-28-11-10-22(25)35-21)14-20-12-19(7-6-16(20)2)26(17(3)27(31)32)24-9-8-23(36-24)18(4)30/h6-13,17,21,26H,5,14-15H2,1-4H3,(H,31,32)/t17-,21+,26+/m0/s1. The van der Waals surface area contributed by atoms with Gasteiger partial charge < -0.3 is 9.84 Å². The van der Waals surface area contributed by atoms with Crippen molar-refractivity contribution in [3.63, 3.8) is 0 Å². The molecule has 1 aromatic carbocycles. The molecule has 2 aromatic heterocycles. The van der Waals surface area contributed by atoms with Crippen LogP contribution in [-0.2, 0) is 21.4 Å². The molecule has 0 saturated carbocycles. The normalized spacial score (nSPS) is 18.8. The highest BCUT2D eigenvalue weighted by Crippen LogP contribution is 2.38. The van der Waals surface area contributed by atoms with E-state index in [2.05, 4.69) is 4.98 Å². The van der Waals surface area contributed by atoms with Gasteiger partial charge in [-0.2, -0.15) is 4.31 Å². The van der Waals surface area contributed by atoms with E-state index in [4.69, 9.17) is 4.74 Å². The molecule has 3 aromatic rings. The Hall–Kier alpha value is -3.08. The predicted octanol–water partition coefficient (Wildman–Crippen LogP) is 4.87. The molecule has 1 aliphatic heterocycles. The van der Waals surface area contributed by atoms with Gasteiger partial charge in [0.25, 0.3) is 0 Å². The minimum atomic E-state index is -3.88. The summed E-state index contributed by atoms with van der Waals surface area (Å²) in [5.41, 5.74) is 2.42. The largest absolute Gasteiger partial charge is 0.488 e. The minimum absolute atomic E-state index is 0.0347. The molecule has 1 aliphatic rings. The van der Waals surface area contributed by atoms with Crippen molar-refractivity contribution in [3.05, 3.63) is 75.2 Å². The van der Waals surface area contributed by atoms with E-state index < -0.39 is 27.8 Å². The summed E-state index contributed by atoms with van der Waals surface area (Å²) in [5.74, 6) is -1.98. The number of fused-ring (bicyclic) bond motifs is 1. The summed E-state index contributed by atoms with van der Waals surface area (Å²) in [6, 6.07) is 10.7. The number of ether oxygens (including phenoxy) is 1. The predicted molar refractivity (Wildman–Crippen MR) is 141 cm³/mol. The number of ketones is 1. The Labute approximate surface area is 221 Å². The molecule has 4 rings (SSSR count). The van der Waals surface area contributed by atoms with Crippen molar-refractivity contribution < 1.29 is 27.9 Å². The number of carbonyl (C=O) groups excluding carboxylic acids is 1. The van der Waals surface area contributed by atoms with Gasteiger partial charge in [0.1, 0.15) is 16.7 Å². The number of carboxylic acids is 1. The van der Waals surface area contributed by atoms with Crippen LogP contribution in [0.2, 0.25) is 0 Å². The third-order valence-corrected chi connectivity index (χ3v) is 9.86. The van der Waals surface area contributed by atoms with Crippen molar-refractivity contribution >= 4 is 33.1 Å². The Morgan fingerprint density at radius 3 is 2.65 bits per heavy atom. The van der Waals surface area contributed by atoms with Crippen LogP contribution in [0.3, 0.4) is 0 Å². The molecule has 3 heterocycles. The van der Waals surface area contributed by atoms with E-state index in [1.807, 2.05) is 32.0 Å². The number of aliphatic carboxylic acids is 1. The number of benzene rings is 1. The number of nitrogens with zero attached hydrogens (tertiary/aromatic N) is 2. The summed E-state index contributed by atoms with van der Waals surface area (Å²) in [6.45, 7) is 7.26. The summed E-state index contributed by atoms with van der Waals surface area (Å²) < 4.78 is 34.6. The molecule has 0 saturated heterocycles. The highest BCUT2D eigenvalue weighted by atomic mass is 32.2. The maximum absolute atomic E-state index is 13.6. The highest BCUT2D eigenvalue weighted by molar-refractivity contribution is 7.89. The van der Waals surface area contributed by atoms with Gasteiger partial charge in [0.05, 0.1) is 23.5 Å². The van der Waals surface area contributed by atoms with Crippen LogP contribution in [0.1, 0.15) is 64.3 Å². The highest BCUT2D eigenvalue weighted by Gasteiger charge is 2.35. The molecule has 0 aliphatic carbocycles. The third kappa shape index (κ3) is 5.46. The smallest absolute Gasteiger partial charge is 0.307 e. The SMILES string of the molecule is CC[C@@H]1CN(Cc2cc([C@H](c3ccc(C(C)=O)s3)[C@H](C)C(=O)O)ccc2C)S(=O)(=O)c2cnccc2O1. The van der Waals surface area contributed by atoms with Crippen LogP contribution in [0.15, 0.2) is 53.7 Å². The maximum Gasteiger partial charge on any atom is 0.307 e. The average Bonchev–Trinajstić information content (AvgIpc) is 3.31. The van der Waals surface area contributed by atoms with E-state index in [0.717, 1.165) is 21.6 Å². The van der Waals surface area contributed by atoms with Crippen molar-refractivity contribution in [3.8, 4) is 5.75 Å². The van der Waals surface area contributed by atoms with Crippen LogP contribution in [0, 0.1) is 12.8 Å². The number of thiophene rings is 1. The molecule has 37 heavy (non-hydrogen) atoms. The Morgan fingerprint density at radius 1 is 1.24 bits per heavy atom. The first-order chi connectivity index (χ1) is 17.5. The van der Waals surface area contributed by atoms with Crippen LogP contribution in [-0.4, -0.2) is 47.2 Å². The van der Waals surface area contributed by atoms with E-state index in [0.29, 0.717) is 17.0 Å². The van der Waals surface area contributed by atoms with E-state index in [-0.39, 0.29) is 29.9 Å². The fourth-order valence-electron chi connectivity index (χ4n) is 4.50. The first-order valence-electron chi connectivity index (χ1n) is 12.1. The molecule has 0 unspecified atom stereocenters. The van der Waals surface area contributed by atoms with Crippen molar-refractivity contribution in [1.82, 2.24) is 9.29 Å². The maximum atomic E-state index is 13.6. The van der Waals surface area contributed by atoms with Gasteiger partial charge in [0.2, 0.25) is 10.0 Å². The van der Waals surface area contributed by atoms with E-state index in [1.165, 1.54) is 35.0 Å². The van der Waals surface area contributed by atoms with Gasteiger partial charge in [0.15, 0.2) is 5.78 Å². The second kappa shape index (κ2) is 10.7. The van der Waals surface area contributed by atoms with Gasteiger partial charge in [-0.05, 0) is 55.2 Å². The molecule has 8 nitrogen and oxygen atoms in total. The first-order valence-corrected chi connectivity index (χ1v) is 14.3. The molecular formula is C27H30N2O6S2. The Morgan fingerprint density at radius 2 is 2.00 bits per heavy atom. The summed E-state index contributed by atoms with van der Waals surface area (Å²) in [5, 5.41) is 9.86. The molecule has 0 bridgehead atoms. The number of carbonyl (C=O) groups is 2. The number of pyridine rings is 1. The number of Topliss-reactive ketones (excluding diaryl/α,β-unsaturated/α-hetero) is 1. The summed E-state index contributed by atoms with van der Waals surface area (Å²) in [6.07, 6.45) is 3.13. The van der Waals surface area contributed by atoms with Gasteiger partial charge in [-0.1, -0.05) is 32.0 Å². The number of sulfonamides is 1. The lowest BCUT2D eigenvalue weighted by Crippen LogP contribution is -2.36. The van der Waals surface area contributed by atoms with Crippen molar-refractivity contribution in [2.75, 3.05) is 6.54 Å². The molecule has 0 radical (unpaired) electrons. The van der Waals surface area contributed by atoms with Crippen LogP contribution < -0.4 is 4.74 Å². The van der Waals surface area contributed by atoms with Crippen molar-refractivity contribution in [2.24, 2.45) is 5.92 Å². The molecule has 0 amide bonds. The number of hydrogen-bond donors (Lipinski definition) is 1. The van der Waals surface area contributed by atoms with Crippen LogP contribution >= 0.6 is 11.3 Å². The number of rotatable bonds is 8. The zero-order valence-corrected chi connectivity index (χ0v) is 22.8. The third-order valence-electron chi connectivity index (χ3n) is 6.77. The quantitative estimate of drug-likeness (QED) is 0.404. The first kappa shape index (κ1) is 27.0. The molecule has 10 heteroatoms. The Kier molecular flexibility index (Phi) is 7.82. The van der Waals surface area contributed by atoms with E-state index in [9.17, 15) is 23.1 Å². The minimum Gasteiger partial charge on any atom is -0.488 e. The monoisotopic (exact) mass is 542 g/mol. The van der Waals surface area contributed by atoms with Crippen molar-refractivity contribution in [2.45, 2.75) is 57.6 Å². The van der Waals surface area contributed by atoms with Gasteiger partial charge in [0, 0.05) is 23.5 Å². The van der Waals surface area contributed by atoms with Crippen molar-refractivity contribution in [1.29, 1.82) is 0 Å². The summed E-state index contributed by atoms with van der Waals surface area (Å²) in [7, 11) is -3.88. The molecular weight excluding hydrogens is 512 g/mol. The molecule has 196 valence electrons. The van der Waals surface area contributed by atoms with Crippen LogP contribution in [0.4, 0.5) is 0 Å². The lowest BCUT2D eigenvalue weighted by molar-refractivity contribution is -0.141. The zero-order valence-electron chi connectivity index (χ0n) is 21.2.